The molecule has 2 fully saturated rings. The van der Waals surface area contributed by atoms with Gasteiger partial charge in [0.05, 0.1) is 18.9 Å². The third-order valence-corrected chi connectivity index (χ3v) is 3.79. The smallest absolute Gasteiger partial charge is 0.383 e. The SMILES string of the molecule is OC1(c2cccc(C(F)(F)F)n2)CC2COCC(C1)N2. The molecule has 0 aromatic carbocycles. The largest absolute Gasteiger partial charge is 0.433 e. The van der Waals surface area contributed by atoms with Crippen molar-refractivity contribution in [1.82, 2.24) is 10.3 Å². The predicted molar refractivity (Wildman–Crippen MR) is 63.9 cm³/mol. The van der Waals surface area contributed by atoms with E-state index in [9.17, 15) is 18.3 Å². The number of ether oxygens (including phenoxy) is 1. The van der Waals surface area contributed by atoms with Gasteiger partial charge in [-0.05, 0) is 25.0 Å². The van der Waals surface area contributed by atoms with Crippen LogP contribution in [-0.4, -0.2) is 35.4 Å². The van der Waals surface area contributed by atoms with Crippen molar-refractivity contribution in [1.29, 1.82) is 0 Å². The maximum atomic E-state index is 12.7. The molecule has 1 aromatic heterocycles. The first-order valence-corrected chi connectivity index (χ1v) is 6.48. The normalized spacial score (nSPS) is 34.0. The molecule has 3 heterocycles. The molecule has 0 aliphatic carbocycles. The summed E-state index contributed by atoms with van der Waals surface area (Å²) in [5.41, 5.74) is -2.21. The molecule has 0 radical (unpaired) electrons. The molecule has 0 saturated carbocycles. The molecule has 3 rings (SSSR count). The van der Waals surface area contributed by atoms with Gasteiger partial charge in [0.1, 0.15) is 11.3 Å². The summed E-state index contributed by atoms with van der Waals surface area (Å²) in [6.07, 6.45) is -3.89. The Labute approximate surface area is 114 Å². The van der Waals surface area contributed by atoms with Crippen molar-refractivity contribution < 1.29 is 23.0 Å². The number of hydrogen-bond donors (Lipinski definition) is 2. The van der Waals surface area contributed by atoms with Gasteiger partial charge in [0.25, 0.3) is 0 Å². The second-order valence-corrected chi connectivity index (χ2v) is 5.44. The summed E-state index contributed by atoms with van der Waals surface area (Å²) in [6, 6.07) is 3.56. The van der Waals surface area contributed by atoms with E-state index in [4.69, 9.17) is 4.74 Å². The van der Waals surface area contributed by atoms with Crippen molar-refractivity contribution >= 4 is 0 Å². The molecule has 2 aliphatic heterocycles. The maximum absolute atomic E-state index is 12.7. The molecule has 0 spiro atoms. The highest BCUT2D eigenvalue weighted by molar-refractivity contribution is 5.21. The van der Waals surface area contributed by atoms with Crippen molar-refractivity contribution in [3.05, 3.63) is 29.6 Å². The second-order valence-electron chi connectivity index (χ2n) is 5.44. The summed E-state index contributed by atoms with van der Waals surface area (Å²) in [4.78, 5) is 3.62. The molecule has 1 aromatic rings. The maximum Gasteiger partial charge on any atom is 0.433 e. The summed E-state index contributed by atoms with van der Waals surface area (Å²) in [5, 5.41) is 14.0. The lowest BCUT2D eigenvalue weighted by Gasteiger charge is -2.44. The number of piperidine rings is 1. The van der Waals surface area contributed by atoms with Crippen LogP contribution < -0.4 is 5.32 Å². The van der Waals surface area contributed by atoms with Crippen LogP contribution in [0.4, 0.5) is 13.2 Å². The number of aromatic nitrogens is 1. The van der Waals surface area contributed by atoms with Crippen LogP contribution in [0, 0.1) is 0 Å². The van der Waals surface area contributed by atoms with E-state index < -0.39 is 17.5 Å². The van der Waals surface area contributed by atoms with Crippen molar-refractivity contribution in [3.63, 3.8) is 0 Å². The van der Waals surface area contributed by atoms with E-state index in [1.807, 2.05) is 0 Å². The molecule has 2 atom stereocenters. The van der Waals surface area contributed by atoms with Gasteiger partial charge in [0.2, 0.25) is 0 Å². The zero-order valence-corrected chi connectivity index (χ0v) is 10.7. The number of nitrogens with one attached hydrogen (secondary N) is 1. The lowest BCUT2D eigenvalue weighted by atomic mass is 9.80. The van der Waals surface area contributed by atoms with Crippen LogP contribution in [0.3, 0.4) is 0 Å². The number of aliphatic hydroxyl groups is 1. The Balaban J connectivity index is 1.91. The Morgan fingerprint density at radius 2 is 1.90 bits per heavy atom. The van der Waals surface area contributed by atoms with Crippen LogP contribution in [0.25, 0.3) is 0 Å². The van der Waals surface area contributed by atoms with Gasteiger partial charge in [-0.3, -0.25) is 0 Å². The summed E-state index contributed by atoms with van der Waals surface area (Å²) in [5.74, 6) is 0. The molecule has 2 bridgehead atoms. The van der Waals surface area contributed by atoms with E-state index in [1.54, 1.807) is 0 Å². The van der Waals surface area contributed by atoms with E-state index in [1.165, 1.54) is 12.1 Å². The Kier molecular flexibility index (Phi) is 3.23. The zero-order chi connectivity index (χ0) is 14.4. The first-order chi connectivity index (χ1) is 9.37. The van der Waals surface area contributed by atoms with E-state index >= 15 is 0 Å². The van der Waals surface area contributed by atoms with E-state index in [0.29, 0.717) is 26.1 Å². The van der Waals surface area contributed by atoms with Crippen molar-refractivity contribution in [2.45, 2.75) is 36.7 Å². The number of nitrogens with zero attached hydrogens (tertiary/aromatic N) is 1. The van der Waals surface area contributed by atoms with Gasteiger partial charge in [0, 0.05) is 12.1 Å². The van der Waals surface area contributed by atoms with Gasteiger partial charge in [-0.15, -0.1) is 0 Å². The number of hydrogen-bond acceptors (Lipinski definition) is 4. The number of morpholine rings is 1. The topological polar surface area (TPSA) is 54.4 Å². The number of pyridine rings is 1. The van der Waals surface area contributed by atoms with Crippen LogP contribution in [0.2, 0.25) is 0 Å². The molecule has 2 unspecified atom stereocenters. The molecule has 2 aliphatic rings. The molecule has 20 heavy (non-hydrogen) atoms. The number of halogens is 3. The average Bonchev–Trinajstić information content (AvgIpc) is 2.37. The van der Waals surface area contributed by atoms with E-state index in [-0.39, 0.29) is 17.8 Å². The fraction of sp³-hybridized carbons (Fsp3) is 0.615. The minimum atomic E-state index is -4.50. The Hall–Kier alpha value is -1.18. The summed E-state index contributed by atoms with van der Waals surface area (Å²) in [7, 11) is 0. The highest BCUT2D eigenvalue weighted by Gasteiger charge is 2.44. The fourth-order valence-electron chi connectivity index (χ4n) is 2.98. The third kappa shape index (κ3) is 2.53. The average molecular weight is 288 g/mol. The first kappa shape index (κ1) is 13.8. The molecule has 7 heteroatoms. The monoisotopic (exact) mass is 288 g/mol. The van der Waals surface area contributed by atoms with Crippen molar-refractivity contribution in [2.24, 2.45) is 0 Å². The highest BCUT2D eigenvalue weighted by atomic mass is 19.4. The Bertz CT molecular complexity index is 495. The van der Waals surface area contributed by atoms with Crippen LogP contribution >= 0.6 is 0 Å². The van der Waals surface area contributed by atoms with Crippen molar-refractivity contribution in [2.75, 3.05) is 13.2 Å². The number of fused-ring (bicyclic) bond motifs is 2. The first-order valence-electron chi connectivity index (χ1n) is 6.48. The second kappa shape index (κ2) is 4.68. The lowest BCUT2D eigenvalue weighted by Crippen LogP contribution is -2.58. The minimum absolute atomic E-state index is 0.0520. The lowest BCUT2D eigenvalue weighted by molar-refractivity contribution is -0.142. The predicted octanol–water partition coefficient (Wildman–Crippen LogP) is 1.44. The van der Waals surface area contributed by atoms with Crippen LogP contribution in [0.5, 0.6) is 0 Å². The number of rotatable bonds is 1. The van der Waals surface area contributed by atoms with Gasteiger partial charge in [0.15, 0.2) is 0 Å². The zero-order valence-electron chi connectivity index (χ0n) is 10.7. The Morgan fingerprint density at radius 1 is 1.25 bits per heavy atom. The molecule has 2 saturated heterocycles. The van der Waals surface area contributed by atoms with Gasteiger partial charge in [-0.2, -0.15) is 13.2 Å². The van der Waals surface area contributed by atoms with Crippen molar-refractivity contribution in [3.8, 4) is 0 Å². The van der Waals surface area contributed by atoms with Crippen LogP contribution in [0.15, 0.2) is 18.2 Å². The van der Waals surface area contributed by atoms with Gasteiger partial charge in [-0.1, -0.05) is 6.07 Å². The standard InChI is InChI=1S/C13H15F3N2O2/c14-13(15,16)11-3-1-2-10(18-11)12(19)4-8-6-20-7-9(5-12)17-8/h1-3,8-9,17,19H,4-7H2. The van der Waals surface area contributed by atoms with Crippen LogP contribution in [-0.2, 0) is 16.5 Å². The summed E-state index contributed by atoms with van der Waals surface area (Å²) >= 11 is 0. The molecule has 4 nitrogen and oxygen atoms in total. The minimum Gasteiger partial charge on any atom is -0.383 e. The van der Waals surface area contributed by atoms with E-state index in [0.717, 1.165) is 6.07 Å². The fourth-order valence-corrected chi connectivity index (χ4v) is 2.98. The van der Waals surface area contributed by atoms with Gasteiger partial charge in [-0.25, -0.2) is 4.98 Å². The van der Waals surface area contributed by atoms with E-state index in [2.05, 4.69) is 10.3 Å². The van der Waals surface area contributed by atoms with Gasteiger partial charge >= 0.3 is 6.18 Å². The quantitative estimate of drug-likeness (QED) is 0.821. The number of alkyl halides is 3. The summed E-state index contributed by atoms with van der Waals surface area (Å²) in [6.45, 7) is 0.912. The van der Waals surface area contributed by atoms with Gasteiger partial charge < -0.3 is 15.2 Å². The summed E-state index contributed by atoms with van der Waals surface area (Å²) < 4.78 is 43.5. The molecule has 0 amide bonds. The third-order valence-electron chi connectivity index (χ3n) is 3.79. The molecule has 110 valence electrons. The highest BCUT2D eigenvalue weighted by Crippen LogP contribution is 2.37. The molecular formula is C13H15F3N2O2. The molecular weight excluding hydrogens is 273 g/mol. The van der Waals surface area contributed by atoms with Crippen LogP contribution in [0.1, 0.15) is 24.2 Å². The Morgan fingerprint density at radius 3 is 2.50 bits per heavy atom. The molecule has 2 N–H and O–H groups in total.